The fraction of sp³-hybridized carbons (Fsp3) is 0.115. The van der Waals surface area contributed by atoms with Gasteiger partial charge in [0.1, 0.15) is 5.75 Å². The molecular formula is C26H21NO4. The van der Waals surface area contributed by atoms with E-state index in [0.29, 0.717) is 5.75 Å². The zero-order valence-electron chi connectivity index (χ0n) is 17.2. The first-order valence-electron chi connectivity index (χ1n) is 10.00. The minimum absolute atomic E-state index is 0.204. The van der Waals surface area contributed by atoms with E-state index < -0.39 is 5.97 Å². The number of esters is 2. The van der Waals surface area contributed by atoms with Crippen LogP contribution in [0.15, 0.2) is 89.6 Å². The van der Waals surface area contributed by atoms with Crippen LogP contribution in [0.25, 0.3) is 17.2 Å². The van der Waals surface area contributed by atoms with Crippen molar-refractivity contribution in [2.75, 3.05) is 0 Å². The first-order valence-corrected chi connectivity index (χ1v) is 10.00. The molecule has 3 aromatic carbocycles. The number of carbonyl (C=O) groups is 2. The molecule has 0 atom stereocenters. The summed E-state index contributed by atoms with van der Waals surface area (Å²) in [6, 6.07) is 24.6. The smallest absolute Gasteiger partial charge is 0.363 e. The Hall–Kier alpha value is -3.99. The second-order valence-corrected chi connectivity index (χ2v) is 7.42. The lowest BCUT2D eigenvalue weighted by Gasteiger charge is -2.06. The van der Waals surface area contributed by atoms with Crippen LogP contribution in [-0.2, 0) is 14.3 Å². The average molecular weight is 411 g/mol. The van der Waals surface area contributed by atoms with Gasteiger partial charge in [0.2, 0.25) is 5.90 Å². The lowest BCUT2D eigenvalue weighted by Crippen LogP contribution is -2.14. The fourth-order valence-electron chi connectivity index (χ4n) is 2.99. The van der Waals surface area contributed by atoms with Crippen LogP contribution in [-0.4, -0.2) is 17.8 Å². The van der Waals surface area contributed by atoms with E-state index in [0.717, 1.165) is 22.3 Å². The van der Waals surface area contributed by atoms with Crippen LogP contribution in [0.1, 0.15) is 25.0 Å². The van der Waals surface area contributed by atoms with Crippen molar-refractivity contribution in [2.45, 2.75) is 13.8 Å². The van der Waals surface area contributed by atoms with Gasteiger partial charge in [-0.25, -0.2) is 9.79 Å². The molecule has 0 saturated carbocycles. The number of nitrogens with zero attached hydrogens (tertiary/aromatic N) is 1. The Morgan fingerprint density at radius 1 is 0.871 bits per heavy atom. The van der Waals surface area contributed by atoms with E-state index in [1.165, 1.54) is 0 Å². The molecule has 4 rings (SSSR count). The third kappa shape index (κ3) is 4.78. The van der Waals surface area contributed by atoms with E-state index in [-0.39, 0.29) is 23.5 Å². The van der Waals surface area contributed by atoms with Crippen molar-refractivity contribution in [2.24, 2.45) is 10.9 Å². The Labute approximate surface area is 180 Å². The molecule has 0 radical (unpaired) electrons. The van der Waals surface area contributed by atoms with Gasteiger partial charge in [-0.1, -0.05) is 68.4 Å². The summed E-state index contributed by atoms with van der Waals surface area (Å²) >= 11 is 0. The van der Waals surface area contributed by atoms with Gasteiger partial charge in [0.05, 0.1) is 5.92 Å². The van der Waals surface area contributed by atoms with Crippen LogP contribution in [0.5, 0.6) is 5.75 Å². The van der Waals surface area contributed by atoms with Crippen molar-refractivity contribution in [3.63, 3.8) is 0 Å². The van der Waals surface area contributed by atoms with Gasteiger partial charge in [-0.15, -0.1) is 0 Å². The number of ether oxygens (including phenoxy) is 2. The van der Waals surface area contributed by atoms with Crippen LogP contribution in [0.3, 0.4) is 0 Å². The summed E-state index contributed by atoms with van der Waals surface area (Å²) in [4.78, 5) is 28.3. The highest BCUT2D eigenvalue weighted by molar-refractivity contribution is 6.13. The molecule has 1 heterocycles. The van der Waals surface area contributed by atoms with E-state index in [4.69, 9.17) is 9.47 Å². The van der Waals surface area contributed by atoms with E-state index in [9.17, 15) is 9.59 Å². The summed E-state index contributed by atoms with van der Waals surface area (Å²) in [6.07, 6.45) is 1.64. The molecule has 0 aliphatic carbocycles. The van der Waals surface area contributed by atoms with Gasteiger partial charge in [0.25, 0.3) is 0 Å². The highest BCUT2D eigenvalue weighted by Gasteiger charge is 2.24. The molecule has 5 nitrogen and oxygen atoms in total. The maximum atomic E-state index is 12.3. The first kappa shape index (κ1) is 20.3. The first-order chi connectivity index (χ1) is 15.0. The molecule has 0 saturated heterocycles. The number of benzene rings is 3. The van der Waals surface area contributed by atoms with Crippen LogP contribution >= 0.6 is 0 Å². The van der Waals surface area contributed by atoms with Crippen molar-refractivity contribution >= 4 is 23.9 Å². The van der Waals surface area contributed by atoms with Gasteiger partial charge >= 0.3 is 11.9 Å². The summed E-state index contributed by atoms with van der Waals surface area (Å²) in [5.41, 5.74) is 3.88. The summed E-state index contributed by atoms with van der Waals surface area (Å²) in [5, 5.41) is 0. The van der Waals surface area contributed by atoms with E-state index in [1.807, 2.05) is 54.6 Å². The van der Waals surface area contributed by atoms with Crippen molar-refractivity contribution in [3.05, 3.63) is 95.7 Å². The van der Waals surface area contributed by atoms with E-state index >= 15 is 0 Å². The average Bonchev–Trinajstić information content (AvgIpc) is 3.16. The molecule has 0 fully saturated rings. The van der Waals surface area contributed by atoms with Crippen LogP contribution in [0.4, 0.5) is 0 Å². The molecule has 5 heteroatoms. The molecule has 0 bridgehead atoms. The maximum Gasteiger partial charge on any atom is 0.363 e. The highest BCUT2D eigenvalue weighted by atomic mass is 16.6. The second kappa shape index (κ2) is 8.79. The summed E-state index contributed by atoms with van der Waals surface area (Å²) in [6.45, 7) is 3.55. The number of hydrogen-bond acceptors (Lipinski definition) is 5. The highest BCUT2D eigenvalue weighted by Crippen LogP contribution is 2.23. The predicted molar refractivity (Wildman–Crippen MR) is 119 cm³/mol. The normalized spacial score (nSPS) is 14.5. The molecule has 0 unspecified atom stereocenters. The van der Waals surface area contributed by atoms with Crippen molar-refractivity contribution in [3.8, 4) is 16.9 Å². The topological polar surface area (TPSA) is 65.0 Å². The van der Waals surface area contributed by atoms with Gasteiger partial charge < -0.3 is 9.47 Å². The Morgan fingerprint density at radius 2 is 1.48 bits per heavy atom. The number of cyclic esters (lactones) is 1. The van der Waals surface area contributed by atoms with Crippen molar-refractivity contribution in [1.29, 1.82) is 0 Å². The largest absolute Gasteiger partial charge is 0.426 e. The lowest BCUT2D eigenvalue weighted by molar-refractivity contribution is -0.137. The fourth-order valence-corrected chi connectivity index (χ4v) is 2.99. The molecule has 3 aromatic rings. The third-order valence-corrected chi connectivity index (χ3v) is 4.73. The monoisotopic (exact) mass is 411 g/mol. The summed E-state index contributed by atoms with van der Waals surface area (Å²) < 4.78 is 10.6. The third-order valence-electron chi connectivity index (χ3n) is 4.73. The van der Waals surface area contributed by atoms with Crippen LogP contribution < -0.4 is 4.74 Å². The number of aliphatic imine (C=N–C) groups is 1. The minimum atomic E-state index is -0.502. The Bertz CT molecular complexity index is 1160. The quantitative estimate of drug-likeness (QED) is 0.326. The Kier molecular flexibility index (Phi) is 5.76. The van der Waals surface area contributed by atoms with Gasteiger partial charge in [-0.05, 0) is 47.0 Å². The minimum Gasteiger partial charge on any atom is -0.426 e. The SMILES string of the molecule is CC(C)C(=O)Oc1ccc(/C=C2\N=C(c3ccc(-c4ccccc4)cc3)OC2=O)cc1. The Morgan fingerprint density at radius 3 is 2.13 bits per heavy atom. The molecule has 154 valence electrons. The second-order valence-electron chi connectivity index (χ2n) is 7.42. The molecule has 0 aromatic heterocycles. The Balaban J connectivity index is 1.50. The molecule has 0 amide bonds. The lowest BCUT2D eigenvalue weighted by atomic mass is 10.0. The van der Waals surface area contributed by atoms with E-state index in [2.05, 4.69) is 4.99 Å². The zero-order valence-corrected chi connectivity index (χ0v) is 17.2. The molecule has 1 aliphatic heterocycles. The molecule has 0 N–H and O–H groups in total. The summed E-state index contributed by atoms with van der Waals surface area (Å²) in [7, 11) is 0. The van der Waals surface area contributed by atoms with Crippen LogP contribution in [0.2, 0.25) is 0 Å². The van der Waals surface area contributed by atoms with Crippen molar-refractivity contribution in [1.82, 2.24) is 0 Å². The zero-order chi connectivity index (χ0) is 21.8. The number of rotatable bonds is 5. The number of hydrogen-bond donors (Lipinski definition) is 0. The predicted octanol–water partition coefficient (Wildman–Crippen LogP) is 5.26. The van der Waals surface area contributed by atoms with Crippen molar-refractivity contribution < 1.29 is 19.1 Å². The van der Waals surface area contributed by atoms with E-state index in [1.54, 1.807) is 44.2 Å². The van der Waals surface area contributed by atoms with Gasteiger partial charge in [-0.3, -0.25) is 4.79 Å². The molecule has 31 heavy (non-hydrogen) atoms. The maximum absolute atomic E-state index is 12.3. The van der Waals surface area contributed by atoms with Gasteiger partial charge in [-0.2, -0.15) is 0 Å². The molecule has 0 spiro atoms. The van der Waals surface area contributed by atoms with Gasteiger partial charge in [0, 0.05) is 5.56 Å². The standard InChI is InChI=1S/C26H21NO4/c1-17(2)25(28)30-22-14-8-18(9-15-22)16-23-26(29)31-24(27-23)21-12-10-20(11-13-21)19-6-4-3-5-7-19/h3-17H,1-2H3/b23-16-. The van der Waals surface area contributed by atoms with Crippen LogP contribution in [0, 0.1) is 5.92 Å². The summed E-state index contributed by atoms with van der Waals surface area (Å²) in [5.74, 6) is -0.268. The molecule has 1 aliphatic rings. The number of carbonyl (C=O) groups excluding carboxylic acids is 2. The molecular weight excluding hydrogens is 390 g/mol. The van der Waals surface area contributed by atoms with Gasteiger partial charge in [0.15, 0.2) is 5.70 Å².